The van der Waals surface area contributed by atoms with E-state index >= 15 is 0 Å². The van der Waals surface area contributed by atoms with Crippen molar-refractivity contribution in [1.82, 2.24) is 20.0 Å². The molecule has 8 nitrogen and oxygen atoms in total. The van der Waals surface area contributed by atoms with Gasteiger partial charge < -0.3 is 18.9 Å². The van der Waals surface area contributed by atoms with Crippen LogP contribution in [0, 0.1) is 5.92 Å². The summed E-state index contributed by atoms with van der Waals surface area (Å²) in [6.45, 7) is 3.40. The Morgan fingerprint density at radius 2 is 1.97 bits per heavy atom. The van der Waals surface area contributed by atoms with Crippen molar-refractivity contribution in [3.8, 4) is 11.5 Å². The van der Waals surface area contributed by atoms with Gasteiger partial charge in [-0.25, -0.2) is 0 Å². The fourth-order valence-electron chi connectivity index (χ4n) is 4.29. The smallest absolute Gasteiger partial charge is 0.258 e. The van der Waals surface area contributed by atoms with Crippen LogP contribution in [-0.2, 0) is 19.7 Å². The summed E-state index contributed by atoms with van der Waals surface area (Å²) in [5.74, 6) is 1.57. The lowest BCUT2D eigenvalue weighted by Crippen LogP contribution is -2.48. The lowest BCUT2D eigenvalue weighted by atomic mass is 9.75. The standard InChI is InChI=1S/C21H28N4O4/c1-27-15-8-21(20-23-18(29-24-20)16-2-9-22-10-3-16)6-11-25(12-7-21)19(26)17-4-13-28-14-5-17/h2-3,9-10,17H,4-8,11-15H2,1H3. The predicted octanol–water partition coefficient (Wildman–Crippen LogP) is 2.45. The van der Waals surface area contributed by atoms with Gasteiger partial charge in [0.2, 0.25) is 5.91 Å². The number of methoxy groups -OCH3 is 1. The first-order valence-corrected chi connectivity index (χ1v) is 10.3. The van der Waals surface area contributed by atoms with E-state index in [1.807, 2.05) is 17.0 Å². The molecular weight excluding hydrogens is 372 g/mol. The summed E-state index contributed by atoms with van der Waals surface area (Å²) in [4.78, 5) is 23.6. The molecule has 2 aliphatic rings. The van der Waals surface area contributed by atoms with Crippen molar-refractivity contribution in [2.45, 2.75) is 37.5 Å². The number of carbonyl (C=O) groups is 1. The van der Waals surface area contributed by atoms with Crippen LogP contribution in [0.1, 0.15) is 37.9 Å². The lowest BCUT2D eigenvalue weighted by Gasteiger charge is -2.41. The zero-order valence-electron chi connectivity index (χ0n) is 16.9. The van der Waals surface area contributed by atoms with E-state index in [4.69, 9.17) is 19.0 Å². The van der Waals surface area contributed by atoms with Crippen LogP contribution < -0.4 is 0 Å². The predicted molar refractivity (Wildman–Crippen MR) is 105 cm³/mol. The van der Waals surface area contributed by atoms with Crippen molar-refractivity contribution >= 4 is 5.91 Å². The molecule has 2 aliphatic heterocycles. The summed E-state index contributed by atoms with van der Waals surface area (Å²) < 4.78 is 16.3. The van der Waals surface area contributed by atoms with Gasteiger partial charge in [0.1, 0.15) is 0 Å². The quantitative estimate of drug-likeness (QED) is 0.735. The van der Waals surface area contributed by atoms with E-state index < -0.39 is 0 Å². The molecule has 0 saturated carbocycles. The molecule has 2 fully saturated rings. The number of rotatable bonds is 6. The average Bonchev–Trinajstić information content (AvgIpc) is 3.30. The van der Waals surface area contributed by atoms with Crippen LogP contribution in [0.15, 0.2) is 29.0 Å². The summed E-state index contributed by atoms with van der Waals surface area (Å²) in [6.07, 6.45) is 7.48. The Kier molecular flexibility index (Phi) is 6.20. The molecule has 2 aromatic rings. The zero-order chi connectivity index (χ0) is 20.1. The van der Waals surface area contributed by atoms with Gasteiger partial charge in [0.25, 0.3) is 5.89 Å². The minimum absolute atomic E-state index is 0.0960. The van der Waals surface area contributed by atoms with Crippen LogP contribution in [0.3, 0.4) is 0 Å². The topological polar surface area (TPSA) is 90.6 Å². The first kappa shape index (κ1) is 20.0. The second-order valence-corrected chi connectivity index (χ2v) is 7.89. The molecule has 156 valence electrons. The van der Waals surface area contributed by atoms with Gasteiger partial charge >= 0.3 is 0 Å². The zero-order valence-corrected chi connectivity index (χ0v) is 16.9. The normalized spacial score (nSPS) is 20.0. The molecule has 4 heterocycles. The Balaban J connectivity index is 1.48. The maximum Gasteiger partial charge on any atom is 0.258 e. The number of hydrogen-bond donors (Lipinski definition) is 0. The van der Waals surface area contributed by atoms with E-state index in [2.05, 4.69) is 10.1 Å². The summed E-state index contributed by atoms with van der Waals surface area (Å²) in [5, 5.41) is 4.32. The second kappa shape index (κ2) is 9.00. The van der Waals surface area contributed by atoms with Crippen LogP contribution in [0.4, 0.5) is 0 Å². The highest BCUT2D eigenvalue weighted by Gasteiger charge is 2.42. The number of ether oxygens (including phenoxy) is 2. The summed E-state index contributed by atoms with van der Waals surface area (Å²) in [5.41, 5.74) is 0.616. The van der Waals surface area contributed by atoms with Gasteiger partial charge in [-0.3, -0.25) is 9.78 Å². The lowest BCUT2D eigenvalue weighted by molar-refractivity contribution is -0.140. The van der Waals surface area contributed by atoms with E-state index in [1.165, 1.54) is 0 Å². The second-order valence-electron chi connectivity index (χ2n) is 7.89. The van der Waals surface area contributed by atoms with Gasteiger partial charge in [0.05, 0.1) is 0 Å². The average molecular weight is 400 g/mol. The van der Waals surface area contributed by atoms with E-state index in [-0.39, 0.29) is 17.2 Å². The third kappa shape index (κ3) is 4.33. The molecular formula is C21H28N4O4. The minimum atomic E-state index is -0.239. The van der Waals surface area contributed by atoms with E-state index in [0.29, 0.717) is 44.6 Å². The Labute approximate surface area is 170 Å². The first-order chi connectivity index (χ1) is 14.2. The number of pyridine rings is 1. The SMILES string of the molecule is COCCC1(c2noc(-c3ccncc3)n2)CCN(C(=O)C2CCOCC2)CC1. The van der Waals surface area contributed by atoms with Gasteiger partial charge in [0.15, 0.2) is 5.82 Å². The van der Waals surface area contributed by atoms with Crippen LogP contribution in [0.5, 0.6) is 0 Å². The maximum atomic E-state index is 12.9. The Morgan fingerprint density at radius 1 is 1.24 bits per heavy atom. The van der Waals surface area contributed by atoms with Crippen LogP contribution in [0.2, 0.25) is 0 Å². The molecule has 0 spiro atoms. The number of likely N-dealkylation sites (tertiary alicyclic amines) is 1. The number of amides is 1. The van der Waals surface area contributed by atoms with Crippen molar-refractivity contribution in [2.24, 2.45) is 5.92 Å². The highest BCUT2D eigenvalue weighted by molar-refractivity contribution is 5.79. The highest BCUT2D eigenvalue weighted by Crippen LogP contribution is 2.38. The Morgan fingerprint density at radius 3 is 2.66 bits per heavy atom. The van der Waals surface area contributed by atoms with Crippen LogP contribution >= 0.6 is 0 Å². The van der Waals surface area contributed by atoms with E-state index in [1.54, 1.807) is 19.5 Å². The minimum Gasteiger partial charge on any atom is -0.385 e. The molecule has 1 amide bonds. The molecule has 8 heteroatoms. The maximum absolute atomic E-state index is 12.9. The van der Waals surface area contributed by atoms with Crippen molar-refractivity contribution in [2.75, 3.05) is 40.0 Å². The number of nitrogens with zero attached hydrogens (tertiary/aromatic N) is 4. The van der Waals surface area contributed by atoms with E-state index in [9.17, 15) is 4.79 Å². The van der Waals surface area contributed by atoms with Gasteiger partial charge in [0, 0.05) is 69.3 Å². The molecule has 29 heavy (non-hydrogen) atoms. The van der Waals surface area contributed by atoms with Crippen molar-refractivity contribution in [1.29, 1.82) is 0 Å². The first-order valence-electron chi connectivity index (χ1n) is 10.3. The monoisotopic (exact) mass is 400 g/mol. The number of piperidine rings is 1. The molecule has 0 aliphatic carbocycles. The molecule has 4 rings (SSSR count). The summed E-state index contributed by atoms with van der Waals surface area (Å²) in [6, 6.07) is 3.71. The summed E-state index contributed by atoms with van der Waals surface area (Å²) in [7, 11) is 1.70. The van der Waals surface area contributed by atoms with Gasteiger partial charge in [-0.15, -0.1) is 0 Å². The number of aromatic nitrogens is 3. The third-order valence-electron chi connectivity index (χ3n) is 6.22. The van der Waals surface area contributed by atoms with Crippen LogP contribution in [0.25, 0.3) is 11.5 Å². The summed E-state index contributed by atoms with van der Waals surface area (Å²) >= 11 is 0. The molecule has 0 N–H and O–H groups in total. The number of hydrogen-bond acceptors (Lipinski definition) is 7. The van der Waals surface area contributed by atoms with Crippen molar-refractivity contribution in [3.05, 3.63) is 30.4 Å². The Hall–Kier alpha value is -2.32. The largest absolute Gasteiger partial charge is 0.385 e. The molecule has 0 radical (unpaired) electrons. The van der Waals surface area contributed by atoms with Gasteiger partial charge in [-0.05, 0) is 44.2 Å². The number of carbonyl (C=O) groups excluding carboxylic acids is 1. The molecule has 0 atom stereocenters. The van der Waals surface area contributed by atoms with Gasteiger partial charge in [-0.2, -0.15) is 4.98 Å². The Bertz CT molecular complexity index is 796. The fraction of sp³-hybridized carbons (Fsp3) is 0.619. The fourth-order valence-corrected chi connectivity index (χ4v) is 4.29. The third-order valence-corrected chi connectivity index (χ3v) is 6.22. The molecule has 2 aromatic heterocycles. The molecule has 0 unspecified atom stereocenters. The van der Waals surface area contributed by atoms with Crippen LogP contribution in [-0.4, -0.2) is 66.0 Å². The molecule has 0 bridgehead atoms. The van der Waals surface area contributed by atoms with Crippen molar-refractivity contribution in [3.63, 3.8) is 0 Å². The van der Waals surface area contributed by atoms with Gasteiger partial charge in [-0.1, -0.05) is 5.16 Å². The van der Waals surface area contributed by atoms with Crippen molar-refractivity contribution < 1.29 is 18.8 Å². The molecule has 0 aromatic carbocycles. The highest BCUT2D eigenvalue weighted by atomic mass is 16.5. The van der Waals surface area contributed by atoms with E-state index in [0.717, 1.165) is 37.7 Å². The molecule has 2 saturated heterocycles.